The lowest BCUT2D eigenvalue weighted by Gasteiger charge is -2.42. The van der Waals surface area contributed by atoms with Gasteiger partial charge in [-0.3, -0.25) is 9.29 Å². The van der Waals surface area contributed by atoms with E-state index in [9.17, 15) is 13.9 Å². The number of nitrogens with one attached hydrogen (secondary N) is 1. The average Bonchev–Trinajstić information content (AvgIpc) is 3.22. The summed E-state index contributed by atoms with van der Waals surface area (Å²) in [6.45, 7) is 1.89. The standard InChI is InChI=1S/C28H32F5N3O/c1-16-9-21-20-5-2-3-6-24(20)34-27(21)28(36(16)14-19(30)15-37)25-22(31)10-17(11-23(25)32)26(33)18-12-35(13-18)8-4-7-29/h2-3,5-6,10-11,16,18-19,26,28,34,37H,4,7-9,12-15H2,1H3/t16-,19+,26-,28-/m1/s1. The van der Waals surface area contributed by atoms with E-state index in [0.29, 0.717) is 38.2 Å². The number of H-pyrrole nitrogens is 1. The highest BCUT2D eigenvalue weighted by molar-refractivity contribution is 5.85. The number of aromatic nitrogens is 1. The smallest absolute Gasteiger partial charge is 0.136 e. The van der Waals surface area contributed by atoms with E-state index in [4.69, 9.17) is 0 Å². The van der Waals surface area contributed by atoms with Crippen LogP contribution in [0.15, 0.2) is 36.4 Å². The summed E-state index contributed by atoms with van der Waals surface area (Å²) in [6.07, 6.45) is -2.21. The minimum absolute atomic E-state index is 0.0695. The second-order valence-electron chi connectivity index (χ2n) is 10.4. The lowest BCUT2D eigenvalue weighted by molar-refractivity contribution is 0.0360. The van der Waals surface area contributed by atoms with Gasteiger partial charge in [-0.2, -0.15) is 0 Å². The van der Waals surface area contributed by atoms with E-state index in [-0.39, 0.29) is 23.7 Å². The lowest BCUT2D eigenvalue weighted by atomic mass is 9.85. The minimum Gasteiger partial charge on any atom is -0.393 e. The maximum Gasteiger partial charge on any atom is 0.136 e. The molecule has 1 saturated heterocycles. The molecule has 2 N–H and O–H groups in total. The molecule has 3 aromatic rings. The van der Waals surface area contributed by atoms with Crippen molar-refractivity contribution in [2.75, 3.05) is 39.5 Å². The Morgan fingerprint density at radius 1 is 1.11 bits per heavy atom. The molecule has 0 saturated carbocycles. The number of aliphatic hydroxyl groups excluding tert-OH is 1. The van der Waals surface area contributed by atoms with E-state index in [1.165, 1.54) is 0 Å². The molecule has 0 spiro atoms. The fraction of sp³-hybridized carbons (Fsp3) is 0.500. The largest absolute Gasteiger partial charge is 0.393 e. The molecule has 0 amide bonds. The molecule has 2 aromatic carbocycles. The van der Waals surface area contributed by atoms with Crippen molar-refractivity contribution in [3.8, 4) is 0 Å². The van der Waals surface area contributed by atoms with E-state index in [2.05, 4.69) is 4.98 Å². The summed E-state index contributed by atoms with van der Waals surface area (Å²) in [5.41, 5.74) is 1.97. The summed E-state index contributed by atoms with van der Waals surface area (Å²) in [5.74, 6) is -2.19. The molecule has 0 bridgehead atoms. The third-order valence-electron chi connectivity index (χ3n) is 7.82. The zero-order valence-corrected chi connectivity index (χ0v) is 20.7. The molecule has 5 rings (SSSR count). The second kappa shape index (κ2) is 10.7. The summed E-state index contributed by atoms with van der Waals surface area (Å²) in [6, 6.07) is 8.43. The van der Waals surface area contributed by atoms with Crippen LogP contribution in [0.3, 0.4) is 0 Å². The molecule has 37 heavy (non-hydrogen) atoms. The van der Waals surface area contributed by atoms with Crippen LogP contribution in [0.4, 0.5) is 22.0 Å². The Morgan fingerprint density at radius 2 is 1.81 bits per heavy atom. The molecule has 1 aromatic heterocycles. The van der Waals surface area contributed by atoms with Gasteiger partial charge in [-0.15, -0.1) is 0 Å². The number of hydrogen-bond acceptors (Lipinski definition) is 3. The number of benzene rings is 2. The summed E-state index contributed by atoms with van der Waals surface area (Å²) in [5, 5.41) is 10.3. The molecular weight excluding hydrogens is 489 g/mol. The first kappa shape index (κ1) is 26.1. The van der Waals surface area contributed by atoms with Gasteiger partial charge in [-0.25, -0.2) is 17.6 Å². The maximum absolute atomic E-state index is 15.7. The normalized spacial score (nSPS) is 22.7. The van der Waals surface area contributed by atoms with Gasteiger partial charge in [-0.1, -0.05) is 18.2 Å². The van der Waals surface area contributed by atoms with Gasteiger partial charge in [0.05, 0.1) is 19.3 Å². The fourth-order valence-corrected chi connectivity index (χ4v) is 5.95. The molecule has 0 radical (unpaired) electrons. The molecule has 4 atom stereocenters. The summed E-state index contributed by atoms with van der Waals surface area (Å²) in [4.78, 5) is 6.88. The van der Waals surface area contributed by atoms with Gasteiger partial charge in [0.2, 0.25) is 0 Å². The third-order valence-corrected chi connectivity index (χ3v) is 7.82. The molecule has 1 fully saturated rings. The molecular formula is C28H32F5N3O. The van der Waals surface area contributed by atoms with Crippen LogP contribution in [-0.2, 0) is 6.42 Å². The highest BCUT2D eigenvalue weighted by Crippen LogP contribution is 2.43. The van der Waals surface area contributed by atoms with Gasteiger partial charge < -0.3 is 15.0 Å². The Morgan fingerprint density at radius 3 is 2.49 bits per heavy atom. The molecule has 9 heteroatoms. The molecule has 4 nitrogen and oxygen atoms in total. The van der Waals surface area contributed by atoms with Gasteiger partial charge >= 0.3 is 0 Å². The molecule has 3 heterocycles. The van der Waals surface area contributed by atoms with E-state index in [0.717, 1.165) is 28.6 Å². The predicted molar refractivity (Wildman–Crippen MR) is 133 cm³/mol. The van der Waals surface area contributed by atoms with Crippen LogP contribution in [-0.4, -0.2) is 71.6 Å². The van der Waals surface area contributed by atoms with Crippen molar-refractivity contribution in [2.45, 2.75) is 44.2 Å². The van der Waals surface area contributed by atoms with Crippen molar-refractivity contribution in [3.05, 3.63) is 70.4 Å². The number of aliphatic hydroxyl groups is 1. The summed E-state index contributed by atoms with van der Waals surface area (Å²) in [7, 11) is 0. The highest BCUT2D eigenvalue weighted by atomic mass is 19.1. The van der Waals surface area contributed by atoms with Gasteiger partial charge in [-0.05, 0) is 49.1 Å². The van der Waals surface area contributed by atoms with Crippen LogP contribution in [0, 0.1) is 17.6 Å². The molecule has 200 valence electrons. The number of para-hydroxylation sites is 1. The molecule has 2 aliphatic rings. The van der Waals surface area contributed by atoms with Crippen molar-refractivity contribution in [3.63, 3.8) is 0 Å². The Labute approximate surface area is 213 Å². The number of likely N-dealkylation sites (tertiary alicyclic amines) is 1. The Hall–Kier alpha value is -2.49. The van der Waals surface area contributed by atoms with Crippen molar-refractivity contribution < 1.29 is 27.1 Å². The van der Waals surface area contributed by atoms with Gasteiger partial charge in [0.15, 0.2) is 0 Å². The number of nitrogens with zero attached hydrogens (tertiary/aromatic N) is 2. The molecule has 0 aliphatic carbocycles. The predicted octanol–water partition coefficient (Wildman–Crippen LogP) is 5.41. The van der Waals surface area contributed by atoms with E-state index in [1.54, 1.807) is 4.90 Å². The van der Waals surface area contributed by atoms with Crippen LogP contribution < -0.4 is 0 Å². The van der Waals surface area contributed by atoms with Crippen molar-refractivity contribution in [1.82, 2.24) is 14.8 Å². The van der Waals surface area contributed by atoms with Crippen molar-refractivity contribution in [2.24, 2.45) is 5.92 Å². The highest BCUT2D eigenvalue weighted by Gasteiger charge is 2.41. The number of halogens is 5. The molecule has 2 aliphatic heterocycles. The van der Waals surface area contributed by atoms with Crippen molar-refractivity contribution >= 4 is 10.9 Å². The summed E-state index contributed by atoms with van der Waals surface area (Å²) >= 11 is 0. The number of rotatable bonds is 9. The van der Waals surface area contributed by atoms with Crippen LogP contribution in [0.2, 0.25) is 0 Å². The SMILES string of the molecule is C[C@@H]1Cc2c([nH]c3ccccc23)[C@@H](c2c(F)cc([C@@H](F)C3CN(CCCF)C3)cc2F)N1C[C@H](F)CO. The Bertz CT molecular complexity index is 1220. The van der Waals surface area contributed by atoms with Gasteiger partial charge in [0.1, 0.15) is 24.0 Å². The first-order valence-electron chi connectivity index (χ1n) is 12.8. The maximum atomic E-state index is 15.7. The number of alkyl halides is 3. The number of fused-ring (bicyclic) bond motifs is 3. The Balaban J connectivity index is 1.51. The van der Waals surface area contributed by atoms with Gasteiger partial charge in [0, 0.05) is 60.3 Å². The minimum atomic E-state index is -1.59. The van der Waals surface area contributed by atoms with Crippen LogP contribution >= 0.6 is 0 Å². The second-order valence-corrected chi connectivity index (χ2v) is 10.4. The first-order valence-corrected chi connectivity index (χ1v) is 12.8. The first-order chi connectivity index (χ1) is 17.8. The van der Waals surface area contributed by atoms with Crippen LogP contribution in [0.5, 0.6) is 0 Å². The monoisotopic (exact) mass is 521 g/mol. The summed E-state index contributed by atoms with van der Waals surface area (Å²) < 4.78 is 73.4. The fourth-order valence-electron chi connectivity index (χ4n) is 5.95. The van der Waals surface area contributed by atoms with E-state index in [1.807, 2.05) is 36.1 Å². The zero-order chi connectivity index (χ0) is 26.3. The topological polar surface area (TPSA) is 42.5 Å². The van der Waals surface area contributed by atoms with Crippen LogP contribution in [0.1, 0.15) is 47.9 Å². The zero-order valence-electron chi connectivity index (χ0n) is 20.7. The average molecular weight is 522 g/mol. The van der Waals surface area contributed by atoms with Crippen LogP contribution in [0.25, 0.3) is 10.9 Å². The lowest BCUT2D eigenvalue weighted by Crippen LogP contribution is -2.48. The van der Waals surface area contributed by atoms with Crippen molar-refractivity contribution in [1.29, 1.82) is 0 Å². The van der Waals surface area contributed by atoms with E-state index < -0.39 is 49.2 Å². The molecule has 0 unspecified atom stereocenters. The van der Waals surface area contributed by atoms with E-state index >= 15 is 13.2 Å². The van der Waals surface area contributed by atoms with Gasteiger partial charge in [0.25, 0.3) is 0 Å². The number of hydrogen-bond donors (Lipinski definition) is 2. The number of aromatic amines is 1. The Kier molecular flexibility index (Phi) is 7.56. The quantitative estimate of drug-likeness (QED) is 0.370. The third kappa shape index (κ3) is 4.89.